The number of rotatable bonds is 6. The average molecular weight is 341 g/mol. The summed E-state index contributed by atoms with van der Waals surface area (Å²) in [6.07, 6.45) is 0.461. The first kappa shape index (κ1) is 16.7. The number of urea groups is 1. The van der Waals surface area contributed by atoms with Gasteiger partial charge in [-0.1, -0.05) is 23.4 Å². The van der Waals surface area contributed by atoms with E-state index in [1.165, 1.54) is 4.90 Å². The van der Waals surface area contributed by atoms with Crippen LogP contribution >= 0.6 is 0 Å². The first-order valence-electron chi connectivity index (χ1n) is 7.91. The molecule has 0 saturated heterocycles. The van der Waals surface area contributed by atoms with Crippen LogP contribution in [0.1, 0.15) is 17.3 Å². The van der Waals surface area contributed by atoms with Gasteiger partial charge in [0.25, 0.3) is 0 Å². The summed E-state index contributed by atoms with van der Waals surface area (Å²) in [7, 11) is 1.69. The summed E-state index contributed by atoms with van der Waals surface area (Å²) < 4.78 is 10.6. The van der Waals surface area contributed by atoms with Crippen LogP contribution in [-0.4, -0.2) is 39.9 Å². The first-order valence-corrected chi connectivity index (χ1v) is 7.91. The number of benzene rings is 1. The minimum atomic E-state index is -0.205. The lowest BCUT2D eigenvalue weighted by Crippen LogP contribution is -2.37. The zero-order valence-electron chi connectivity index (χ0n) is 14.1. The van der Waals surface area contributed by atoms with E-state index in [0.717, 1.165) is 11.3 Å². The highest BCUT2D eigenvalue weighted by molar-refractivity contribution is 5.73. The zero-order valence-corrected chi connectivity index (χ0v) is 14.1. The van der Waals surface area contributed by atoms with E-state index in [1.54, 1.807) is 13.1 Å². The van der Waals surface area contributed by atoms with Gasteiger partial charge in [-0.2, -0.15) is 0 Å². The summed E-state index contributed by atoms with van der Waals surface area (Å²) in [5.41, 5.74) is 1.58. The van der Waals surface area contributed by atoms with E-state index in [-0.39, 0.29) is 6.03 Å². The van der Waals surface area contributed by atoms with Crippen LogP contribution in [0.3, 0.4) is 0 Å². The number of nitrogens with zero attached hydrogens (tertiary/aromatic N) is 4. The molecule has 0 spiro atoms. The summed E-state index contributed by atoms with van der Waals surface area (Å²) in [6.45, 7) is 2.59. The van der Waals surface area contributed by atoms with Gasteiger partial charge >= 0.3 is 6.03 Å². The normalized spacial score (nSPS) is 10.6. The van der Waals surface area contributed by atoms with Gasteiger partial charge in [0.15, 0.2) is 0 Å². The van der Waals surface area contributed by atoms with Gasteiger partial charge in [0.05, 0.1) is 6.54 Å². The number of carbonyl (C=O) groups is 1. The van der Waals surface area contributed by atoms with E-state index < -0.39 is 0 Å². The second-order valence-corrected chi connectivity index (χ2v) is 5.63. The van der Waals surface area contributed by atoms with E-state index in [9.17, 15) is 4.79 Å². The van der Waals surface area contributed by atoms with Crippen LogP contribution in [0.5, 0.6) is 0 Å². The van der Waals surface area contributed by atoms with E-state index in [1.807, 2.05) is 37.3 Å². The molecule has 0 fully saturated rings. The number of amides is 2. The molecule has 25 heavy (non-hydrogen) atoms. The van der Waals surface area contributed by atoms with E-state index in [4.69, 9.17) is 8.94 Å². The molecule has 2 heterocycles. The molecule has 3 rings (SSSR count). The topological polar surface area (TPSA) is 97.3 Å². The Morgan fingerprint density at radius 1 is 1.24 bits per heavy atom. The Balaban J connectivity index is 1.46. The standard InChI is InChI=1S/C17H19N5O3/c1-12-10-14(21-25-12)11-22(2)17(23)18-9-8-15-19-20-16(24-15)13-6-4-3-5-7-13/h3-7,10H,8-9,11H2,1-2H3,(H,18,23). The molecule has 8 heteroatoms. The maximum absolute atomic E-state index is 12.1. The van der Waals surface area contributed by atoms with Gasteiger partial charge in [0.2, 0.25) is 11.8 Å². The SMILES string of the molecule is Cc1cc(CN(C)C(=O)NCCc2nnc(-c3ccccc3)o2)no1. The molecule has 1 N–H and O–H groups in total. The van der Waals surface area contributed by atoms with Crippen molar-refractivity contribution in [3.63, 3.8) is 0 Å². The van der Waals surface area contributed by atoms with Crippen molar-refractivity contribution in [1.29, 1.82) is 0 Å². The van der Waals surface area contributed by atoms with Crippen molar-refractivity contribution in [2.45, 2.75) is 19.9 Å². The molecule has 0 atom stereocenters. The molecule has 8 nitrogen and oxygen atoms in total. The van der Waals surface area contributed by atoms with Crippen LogP contribution in [0.25, 0.3) is 11.5 Å². The predicted octanol–water partition coefficient (Wildman–Crippen LogP) is 2.42. The lowest BCUT2D eigenvalue weighted by molar-refractivity contribution is 0.205. The van der Waals surface area contributed by atoms with Gasteiger partial charge in [-0.15, -0.1) is 10.2 Å². The van der Waals surface area contributed by atoms with Gasteiger partial charge in [-0.05, 0) is 19.1 Å². The Hall–Kier alpha value is -3.16. The second-order valence-electron chi connectivity index (χ2n) is 5.63. The molecular weight excluding hydrogens is 322 g/mol. The van der Waals surface area contributed by atoms with Crippen LogP contribution in [0.15, 0.2) is 45.3 Å². The highest BCUT2D eigenvalue weighted by Crippen LogP contribution is 2.16. The Morgan fingerprint density at radius 3 is 2.76 bits per heavy atom. The maximum atomic E-state index is 12.1. The molecule has 0 radical (unpaired) electrons. The fourth-order valence-corrected chi connectivity index (χ4v) is 2.27. The Labute approximate surface area is 144 Å². The molecular formula is C17H19N5O3. The van der Waals surface area contributed by atoms with Gasteiger partial charge in [0.1, 0.15) is 11.5 Å². The first-order chi connectivity index (χ1) is 12.1. The van der Waals surface area contributed by atoms with Crippen molar-refractivity contribution in [3.8, 4) is 11.5 Å². The fourth-order valence-electron chi connectivity index (χ4n) is 2.27. The van der Waals surface area contributed by atoms with Crippen LogP contribution in [0.2, 0.25) is 0 Å². The molecule has 0 saturated carbocycles. The molecule has 3 aromatic rings. The molecule has 2 aromatic heterocycles. The summed E-state index contributed by atoms with van der Waals surface area (Å²) >= 11 is 0. The zero-order chi connectivity index (χ0) is 17.6. The Kier molecular flexibility index (Phi) is 5.08. The van der Waals surface area contributed by atoms with Gasteiger partial charge in [-0.25, -0.2) is 4.79 Å². The molecule has 2 amide bonds. The van der Waals surface area contributed by atoms with Crippen LogP contribution in [0, 0.1) is 6.92 Å². The van der Waals surface area contributed by atoms with E-state index in [0.29, 0.717) is 37.0 Å². The third-order valence-corrected chi connectivity index (χ3v) is 3.53. The number of aromatic nitrogens is 3. The molecule has 0 unspecified atom stereocenters. The highest BCUT2D eigenvalue weighted by Gasteiger charge is 2.12. The van der Waals surface area contributed by atoms with E-state index in [2.05, 4.69) is 20.7 Å². The van der Waals surface area contributed by atoms with Gasteiger partial charge < -0.3 is 19.2 Å². The van der Waals surface area contributed by atoms with Crippen LogP contribution in [-0.2, 0) is 13.0 Å². The number of nitrogens with one attached hydrogen (secondary N) is 1. The lowest BCUT2D eigenvalue weighted by Gasteiger charge is -2.15. The van der Waals surface area contributed by atoms with Crippen LogP contribution < -0.4 is 5.32 Å². The van der Waals surface area contributed by atoms with Gasteiger partial charge in [-0.3, -0.25) is 0 Å². The minimum absolute atomic E-state index is 0.205. The largest absolute Gasteiger partial charge is 0.421 e. The van der Waals surface area contributed by atoms with Crippen molar-refractivity contribution in [2.24, 2.45) is 0 Å². The molecule has 1 aromatic carbocycles. The fraction of sp³-hybridized carbons (Fsp3) is 0.294. The minimum Gasteiger partial charge on any atom is -0.421 e. The molecule has 0 aliphatic heterocycles. The van der Waals surface area contributed by atoms with Crippen LogP contribution in [0.4, 0.5) is 4.79 Å². The Bertz CT molecular complexity index is 828. The Morgan fingerprint density at radius 2 is 2.04 bits per heavy atom. The van der Waals surface area contributed by atoms with Crippen molar-refractivity contribution >= 4 is 6.03 Å². The molecule has 0 aliphatic rings. The van der Waals surface area contributed by atoms with Crippen molar-refractivity contribution < 1.29 is 13.7 Å². The predicted molar refractivity (Wildman–Crippen MR) is 89.5 cm³/mol. The summed E-state index contributed by atoms with van der Waals surface area (Å²) in [5, 5.41) is 14.7. The third kappa shape index (κ3) is 4.43. The van der Waals surface area contributed by atoms with Gasteiger partial charge in [0, 0.05) is 31.6 Å². The summed E-state index contributed by atoms with van der Waals surface area (Å²) in [4.78, 5) is 13.6. The van der Waals surface area contributed by atoms with Crippen molar-refractivity contribution in [2.75, 3.05) is 13.6 Å². The monoisotopic (exact) mass is 341 g/mol. The summed E-state index contributed by atoms with van der Waals surface area (Å²) in [5.74, 6) is 1.67. The lowest BCUT2D eigenvalue weighted by atomic mass is 10.2. The van der Waals surface area contributed by atoms with E-state index >= 15 is 0 Å². The number of aryl methyl sites for hydroxylation is 1. The smallest absolute Gasteiger partial charge is 0.317 e. The third-order valence-electron chi connectivity index (χ3n) is 3.53. The maximum Gasteiger partial charge on any atom is 0.317 e. The number of hydrogen-bond donors (Lipinski definition) is 1. The molecule has 130 valence electrons. The highest BCUT2D eigenvalue weighted by atomic mass is 16.5. The molecule has 0 aliphatic carbocycles. The average Bonchev–Trinajstić information content (AvgIpc) is 3.25. The van der Waals surface area contributed by atoms with Crippen molar-refractivity contribution in [3.05, 3.63) is 53.7 Å². The molecule has 0 bridgehead atoms. The quantitative estimate of drug-likeness (QED) is 0.739. The van der Waals surface area contributed by atoms with Crippen molar-refractivity contribution in [1.82, 2.24) is 25.6 Å². The number of carbonyl (C=O) groups excluding carboxylic acids is 1. The summed E-state index contributed by atoms with van der Waals surface area (Å²) in [6, 6.07) is 11.1. The second kappa shape index (κ2) is 7.61. The number of hydrogen-bond acceptors (Lipinski definition) is 6.